The molecule has 2 unspecified atom stereocenters. The van der Waals surface area contributed by atoms with Crippen molar-refractivity contribution < 1.29 is 9.84 Å². The van der Waals surface area contributed by atoms with Crippen LogP contribution in [0.1, 0.15) is 19.3 Å². The molecule has 0 saturated heterocycles. The fourth-order valence-corrected chi connectivity index (χ4v) is 2.32. The second-order valence-electron chi connectivity index (χ2n) is 4.67. The molecule has 1 aliphatic carbocycles. The summed E-state index contributed by atoms with van der Waals surface area (Å²) >= 11 is 0. The summed E-state index contributed by atoms with van der Waals surface area (Å²) < 4.78 is 5.10. The summed E-state index contributed by atoms with van der Waals surface area (Å²) in [4.78, 5) is 0. The molecule has 94 valence electrons. The highest BCUT2D eigenvalue weighted by Gasteiger charge is 2.22. The molecule has 4 N–H and O–H groups in total. The van der Waals surface area contributed by atoms with Gasteiger partial charge in [-0.25, -0.2) is 0 Å². The molecule has 1 aromatic carbocycles. The third kappa shape index (κ3) is 3.03. The molecular formula is C13H20N2O2. The van der Waals surface area contributed by atoms with Gasteiger partial charge in [-0.15, -0.1) is 0 Å². The highest BCUT2D eigenvalue weighted by Crippen LogP contribution is 2.28. The molecule has 0 heterocycles. The Kier molecular flexibility index (Phi) is 3.74. The van der Waals surface area contributed by atoms with Crippen LogP contribution in [0.15, 0.2) is 18.2 Å². The van der Waals surface area contributed by atoms with Crippen molar-refractivity contribution in [1.82, 2.24) is 0 Å². The first kappa shape index (κ1) is 12.0. The predicted octanol–water partition coefficient (Wildman–Crippen LogP) is 1.85. The first-order chi connectivity index (χ1) is 8.19. The molecule has 0 bridgehead atoms. The third-order valence-corrected chi connectivity index (χ3v) is 3.35. The number of aliphatic hydroxyl groups is 1. The number of nitrogen functional groups attached to an aromatic ring is 1. The first-order valence-electron chi connectivity index (χ1n) is 6.04. The van der Waals surface area contributed by atoms with Crippen LogP contribution in [0.5, 0.6) is 5.75 Å². The Morgan fingerprint density at radius 1 is 1.47 bits per heavy atom. The lowest BCUT2D eigenvalue weighted by molar-refractivity contribution is 0.178. The van der Waals surface area contributed by atoms with E-state index in [1.807, 2.05) is 18.2 Å². The number of nitrogens with one attached hydrogen (secondary N) is 1. The Bertz CT molecular complexity index is 382. The standard InChI is InChI=1S/C13H20N2O2/c1-17-11-4-5-13(12(14)7-11)15-8-9-2-3-10(16)6-9/h4-5,7,9-10,15-16H,2-3,6,8,14H2,1H3. The number of rotatable bonds is 4. The summed E-state index contributed by atoms with van der Waals surface area (Å²) in [5, 5.41) is 12.8. The molecule has 0 amide bonds. The van der Waals surface area contributed by atoms with Gasteiger partial charge in [0.1, 0.15) is 5.75 Å². The van der Waals surface area contributed by atoms with Crippen molar-refractivity contribution in [3.63, 3.8) is 0 Å². The molecule has 17 heavy (non-hydrogen) atoms. The van der Waals surface area contributed by atoms with E-state index >= 15 is 0 Å². The van der Waals surface area contributed by atoms with Crippen LogP contribution >= 0.6 is 0 Å². The van der Waals surface area contributed by atoms with E-state index in [1.54, 1.807) is 7.11 Å². The topological polar surface area (TPSA) is 67.5 Å². The fourth-order valence-electron chi connectivity index (χ4n) is 2.32. The minimum atomic E-state index is -0.116. The Hall–Kier alpha value is -1.42. The summed E-state index contributed by atoms with van der Waals surface area (Å²) in [5.41, 5.74) is 7.55. The zero-order valence-electron chi connectivity index (χ0n) is 10.1. The number of hydrogen-bond acceptors (Lipinski definition) is 4. The zero-order chi connectivity index (χ0) is 12.3. The van der Waals surface area contributed by atoms with E-state index in [-0.39, 0.29) is 6.10 Å². The highest BCUT2D eigenvalue weighted by atomic mass is 16.5. The summed E-state index contributed by atoms with van der Waals surface area (Å²) in [6.07, 6.45) is 2.78. The molecule has 2 atom stereocenters. The van der Waals surface area contributed by atoms with Gasteiger partial charge in [0.25, 0.3) is 0 Å². The van der Waals surface area contributed by atoms with E-state index in [1.165, 1.54) is 0 Å². The van der Waals surface area contributed by atoms with E-state index in [0.717, 1.165) is 37.2 Å². The van der Waals surface area contributed by atoms with Crippen LogP contribution in [0.2, 0.25) is 0 Å². The van der Waals surface area contributed by atoms with E-state index in [0.29, 0.717) is 11.6 Å². The van der Waals surface area contributed by atoms with Crippen molar-refractivity contribution >= 4 is 11.4 Å². The summed E-state index contributed by atoms with van der Waals surface area (Å²) in [6, 6.07) is 5.63. The number of ether oxygens (including phenoxy) is 1. The van der Waals surface area contributed by atoms with Gasteiger partial charge in [-0.2, -0.15) is 0 Å². The summed E-state index contributed by atoms with van der Waals surface area (Å²) in [5.74, 6) is 1.32. The van der Waals surface area contributed by atoms with Crippen LogP contribution in [-0.4, -0.2) is 24.9 Å². The first-order valence-corrected chi connectivity index (χ1v) is 6.04. The average molecular weight is 236 g/mol. The molecule has 1 fully saturated rings. The lowest BCUT2D eigenvalue weighted by Gasteiger charge is -2.14. The van der Waals surface area contributed by atoms with Gasteiger partial charge in [0.05, 0.1) is 24.6 Å². The molecule has 1 aromatic rings. The van der Waals surface area contributed by atoms with Crippen molar-refractivity contribution in [2.24, 2.45) is 5.92 Å². The Morgan fingerprint density at radius 2 is 2.29 bits per heavy atom. The molecule has 2 rings (SSSR count). The van der Waals surface area contributed by atoms with Crippen LogP contribution in [0.4, 0.5) is 11.4 Å². The third-order valence-electron chi connectivity index (χ3n) is 3.35. The Labute approximate surface area is 102 Å². The van der Waals surface area contributed by atoms with Crippen molar-refractivity contribution in [2.45, 2.75) is 25.4 Å². The SMILES string of the molecule is COc1ccc(NCC2CCC(O)C2)c(N)c1. The molecule has 0 spiro atoms. The summed E-state index contributed by atoms with van der Waals surface area (Å²) in [7, 11) is 1.63. The van der Waals surface area contributed by atoms with Gasteiger partial charge in [0, 0.05) is 12.6 Å². The number of hydrogen-bond donors (Lipinski definition) is 3. The summed E-state index contributed by atoms with van der Waals surface area (Å²) in [6.45, 7) is 0.869. The highest BCUT2D eigenvalue weighted by molar-refractivity contribution is 5.68. The molecule has 4 nitrogen and oxygen atoms in total. The average Bonchev–Trinajstić information content (AvgIpc) is 2.73. The van der Waals surface area contributed by atoms with E-state index in [9.17, 15) is 5.11 Å². The number of aliphatic hydroxyl groups excluding tert-OH is 1. The number of anilines is 2. The van der Waals surface area contributed by atoms with Gasteiger partial charge in [-0.05, 0) is 37.3 Å². The van der Waals surface area contributed by atoms with Crippen molar-refractivity contribution in [3.8, 4) is 5.75 Å². The minimum Gasteiger partial charge on any atom is -0.497 e. The monoisotopic (exact) mass is 236 g/mol. The van der Waals surface area contributed by atoms with Crippen LogP contribution in [0, 0.1) is 5.92 Å². The van der Waals surface area contributed by atoms with Crippen LogP contribution in [-0.2, 0) is 0 Å². The predicted molar refractivity (Wildman–Crippen MR) is 69.2 cm³/mol. The van der Waals surface area contributed by atoms with Crippen LogP contribution < -0.4 is 15.8 Å². The molecular weight excluding hydrogens is 216 g/mol. The Balaban J connectivity index is 1.90. The van der Waals surface area contributed by atoms with E-state index in [2.05, 4.69) is 5.32 Å². The Morgan fingerprint density at radius 3 is 2.88 bits per heavy atom. The molecule has 4 heteroatoms. The van der Waals surface area contributed by atoms with Crippen molar-refractivity contribution in [3.05, 3.63) is 18.2 Å². The van der Waals surface area contributed by atoms with Gasteiger partial charge in [-0.1, -0.05) is 0 Å². The maximum Gasteiger partial charge on any atom is 0.121 e. The van der Waals surface area contributed by atoms with Gasteiger partial charge < -0.3 is 20.9 Å². The molecule has 0 radical (unpaired) electrons. The maximum atomic E-state index is 9.45. The van der Waals surface area contributed by atoms with Crippen molar-refractivity contribution in [2.75, 3.05) is 24.7 Å². The molecule has 0 aromatic heterocycles. The fraction of sp³-hybridized carbons (Fsp3) is 0.538. The molecule has 1 saturated carbocycles. The molecule has 1 aliphatic rings. The molecule has 0 aliphatic heterocycles. The largest absolute Gasteiger partial charge is 0.497 e. The van der Waals surface area contributed by atoms with Crippen LogP contribution in [0.3, 0.4) is 0 Å². The second kappa shape index (κ2) is 5.27. The van der Waals surface area contributed by atoms with Crippen molar-refractivity contribution in [1.29, 1.82) is 0 Å². The van der Waals surface area contributed by atoms with E-state index < -0.39 is 0 Å². The van der Waals surface area contributed by atoms with E-state index in [4.69, 9.17) is 10.5 Å². The lowest BCUT2D eigenvalue weighted by Crippen LogP contribution is -2.13. The van der Waals surface area contributed by atoms with Gasteiger partial charge in [0.2, 0.25) is 0 Å². The number of nitrogens with two attached hydrogens (primary N) is 1. The van der Waals surface area contributed by atoms with Crippen LogP contribution in [0.25, 0.3) is 0 Å². The minimum absolute atomic E-state index is 0.116. The zero-order valence-corrected chi connectivity index (χ0v) is 10.1. The van der Waals surface area contributed by atoms with Gasteiger partial charge >= 0.3 is 0 Å². The smallest absolute Gasteiger partial charge is 0.121 e. The second-order valence-corrected chi connectivity index (χ2v) is 4.67. The van der Waals surface area contributed by atoms with Gasteiger partial charge in [-0.3, -0.25) is 0 Å². The van der Waals surface area contributed by atoms with Gasteiger partial charge in [0.15, 0.2) is 0 Å². The lowest BCUT2D eigenvalue weighted by atomic mass is 10.1. The number of methoxy groups -OCH3 is 1. The maximum absolute atomic E-state index is 9.45. The number of benzene rings is 1. The normalized spacial score (nSPS) is 23.6. The quantitative estimate of drug-likeness (QED) is 0.698.